The number of ether oxygens (including phenoxy) is 1. The van der Waals surface area contributed by atoms with Gasteiger partial charge in [-0.1, -0.05) is 79.3 Å². The van der Waals surface area contributed by atoms with E-state index in [1.165, 1.54) is 42.3 Å². The maximum atomic E-state index is 14.2. The van der Waals surface area contributed by atoms with Gasteiger partial charge in [0.15, 0.2) is 0 Å². The van der Waals surface area contributed by atoms with E-state index in [4.69, 9.17) is 39.5 Å². The molecule has 0 aliphatic carbocycles. The molecule has 1 N–H and O–H groups in total. The van der Waals surface area contributed by atoms with Gasteiger partial charge in [0, 0.05) is 13.1 Å². The molecule has 0 heterocycles. The van der Waals surface area contributed by atoms with E-state index < -0.39 is 28.5 Å². The van der Waals surface area contributed by atoms with Crippen molar-refractivity contribution < 1.29 is 22.7 Å². The summed E-state index contributed by atoms with van der Waals surface area (Å²) in [7, 11) is -2.80. The van der Waals surface area contributed by atoms with Crippen molar-refractivity contribution in [1.82, 2.24) is 10.2 Å². The minimum atomic E-state index is -4.25. The molecular weight excluding hydrogens is 633 g/mol. The van der Waals surface area contributed by atoms with Gasteiger partial charge in [-0.15, -0.1) is 0 Å². The topological polar surface area (TPSA) is 96.0 Å². The summed E-state index contributed by atoms with van der Waals surface area (Å²) in [6.07, 6.45) is 0.288. The molecule has 2 amide bonds. The summed E-state index contributed by atoms with van der Waals surface area (Å²) < 4.78 is 34.3. The molecule has 0 aliphatic heterocycles. The molecule has 1 unspecified atom stereocenters. The normalized spacial score (nSPS) is 12.1. The number of nitrogens with zero attached hydrogens (tertiary/aromatic N) is 2. The lowest BCUT2D eigenvalue weighted by atomic mass is 10.1. The number of carbonyl (C=O) groups excluding carboxylic acids is 2. The molecule has 0 saturated heterocycles. The Balaban J connectivity index is 2.10. The van der Waals surface area contributed by atoms with Crippen LogP contribution in [0.15, 0.2) is 65.6 Å². The average Bonchev–Trinajstić information content (AvgIpc) is 2.96. The van der Waals surface area contributed by atoms with Gasteiger partial charge in [-0.2, -0.15) is 0 Å². The second-order valence-electron chi connectivity index (χ2n) is 10.5. The Labute approximate surface area is 268 Å². The Hall–Kier alpha value is -2.98. The first-order valence-corrected chi connectivity index (χ1v) is 16.3. The lowest BCUT2D eigenvalue weighted by molar-refractivity contribution is -0.140. The lowest BCUT2D eigenvalue weighted by Gasteiger charge is -2.33. The number of benzene rings is 3. The van der Waals surface area contributed by atoms with Gasteiger partial charge in [0.2, 0.25) is 11.8 Å². The average molecular weight is 669 g/mol. The molecule has 232 valence electrons. The first kappa shape index (κ1) is 34.5. The van der Waals surface area contributed by atoms with Gasteiger partial charge in [-0.25, -0.2) is 8.42 Å². The summed E-state index contributed by atoms with van der Waals surface area (Å²) >= 11 is 18.7. The molecule has 0 bridgehead atoms. The van der Waals surface area contributed by atoms with E-state index in [0.29, 0.717) is 27.9 Å². The zero-order valence-corrected chi connectivity index (χ0v) is 27.8. The van der Waals surface area contributed by atoms with Crippen LogP contribution in [-0.2, 0) is 26.2 Å². The smallest absolute Gasteiger partial charge is 0.264 e. The molecule has 8 nitrogen and oxygen atoms in total. The summed E-state index contributed by atoms with van der Waals surface area (Å²) in [6, 6.07) is 14.8. The zero-order valence-electron chi connectivity index (χ0n) is 24.7. The van der Waals surface area contributed by atoms with E-state index in [2.05, 4.69) is 5.32 Å². The Morgan fingerprint density at radius 1 is 0.930 bits per heavy atom. The number of rotatable bonds is 13. The van der Waals surface area contributed by atoms with Crippen molar-refractivity contribution in [3.8, 4) is 5.75 Å². The standard InChI is InChI=1S/C31H36Cl3N3O5S/c1-6-28(31(39)35-17-20(2)3)36(18-22-9-13-25(32)26(33)15-22)30(38)19-37(23-10-14-29(42-5)27(34)16-23)43(40,41)24-11-7-21(4)8-12-24/h7-16,20,28H,6,17-19H2,1-5H3,(H,35,39). The largest absolute Gasteiger partial charge is 0.495 e. The van der Waals surface area contributed by atoms with Gasteiger partial charge in [0.05, 0.1) is 32.8 Å². The van der Waals surface area contributed by atoms with Crippen LogP contribution in [0.5, 0.6) is 5.75 Å². The fraction of sp³-hybridized carbons (Fsp3) is 0.355. The van der Waals surface area contributed by atoms with Crippen LogP contribution in [0.4, 0.5) is 5.69 Å². The molecule has 0 saturated carbocycles. The fourth-order valence-corrected chi connectivity index (χ4v) is 6.33. The first-order chi connectivity index (χ1) is 20.3. The van der Waals surface area contributed by atoms with Crippen LogP contribution in [0.25, 0.3) is 0 Å². The second kappa shape index (κ2) is 15.1. The molecule has 43 heavy (non-hydrogen) atoms. The van der Waals surface area contributed by atoms with Crippen molar-refractivity contribution in [2.45, 2.75) is 51.6 Å². The van der Waals surface area contributed by atoms with E-state index in [0.717, 1.165) is 9.87 Å². The van der Waals surface area contributed by atoms with Crippen LogP contribution in [-0.4, -0.2) is 51.4 Å². The fourth-order valence-electron chi connectivity index (χ4n) is 4.35. The molecule has 3 rings (SSSR count). The van der Waals surface area contributed by atoms with E-state index in [1.54, 1.807) is 37.3 Å². The van der Waals surface area contributed by atoms with Gasteiger partial charge < -0.3 is 15.0 Å². The second-order valence-corrected chi connectivity index (χ2v) is 13.6. The monoisotopic (exact) mass is 667 g/mol. The van der Waals surface area contributed by atoms with Crippen LogP contribution >= 0.6 is 34.8 Å². The van der Waals surface area contributed by atoms with E-state index in [1.807, 2.05) is 20.8 Å². The highest BCUT2D eigenvalue weighted by Gasteiger charge is 2.34. The summed E-state index contributed by atoms with van der Waals surface area (Å²) in [4.78, 5) is 28.9. The Kier molecular flexibility index (Phi) is 12.2. The summed E-state index contributed by atoms with van der Waals surface area (Å²) in [5, 5.41) is 3.70. The van der Waals surface area contributed by atoms with Crippen molar-refractivity contribution in [1.29, 1.82) is 0 Å². The predicted octanol–water partition coefficient (Wildman–Crippen LogP) is 6.74. The van der Waals surface area contributed by atoms with Crippen molar-refractivity contribution in [3.05, 3.63) is 86.9 Å². The number of methoxy groups -OCH3 is 1. The number of carbonyl (C=O) groups is 2. The highest BCUT2D eigenvalue weighted by Crippen LogP contribution is 2.32. The van der Waals surface area contributed by atoms with Crippen LogP contribution in [0.3, 0.4) is 0 Å². The highest BCUT2D eigenvalue weighted by atomic mass is 35.5. The third-order valence-electron chi connectivity index (χ3n) is 6.72. The highest BCUT2D eigenvalue weighted by molar-refractivity contribution is 7.92. The summed E-state index contributed by atoms with van der Waals surface area (Å²) in [5.41, 5.74) is 1.66. The molecule has 0 radical (unpaired) electrons. The number of anilines is 1. The molecule has 3 aromatic rings. The van der Waals surface area contributed by atoms with Crippen LogP contribution in [0.1, 0.15) is 38.3 Å². The number of aryl methyl sites for hydroxylation is 1. The third-order valence-corrected chi connectivity index (χ3v) is 9.54. The zero-order chi connectivity index (χ0) is 31.9. The van der Waals surface area contributed by atoms with Gasteiger partial charge >= 0.3 is 0 Å². The van der Waals surface area contributed by atoms with Crippen molar-refractivity contribution >= 4 is 62.3 Å². The van der Waals surface area contributed by atoms with E-state index >= 15 is 0 Å². The summed E-state index contributed by atoms with van der Waals surface area (Å²) in [6.45, 7) is 7.37. The molecule has 3 aromatic carbocycles. The molecule has 1 atom stereocenters. The van der Waals surface area contributed by atoms with E-state index in [9.17, 15) is 18.0 Å². The maximum Gasteiger partial charge on any atom is 0.264 e. The Bertz CT molecular complexity index is 1550. The lowest BCUT2D eigenvalue weighted by Crippen LogP contribution is -2.52. The number of hydrogen-bond donors (Lipinski definition) is 1. The van der Waals surface area contributed by atoms with Gasteiger partial charge in [0.25, 0.3) is 10.0 Å². The quantitative estimate of drug-likeness (QED) is 0.218. The third kappa shape index (κ3) is 8.79. The maximum absolute atomic E-state index is 14.2. The molecule has 12 heteroatoms. The molecule has 0 aromatic heterocycles. The van der Waals surface area contributed by atoms with Gasteiger partial charge in [-0.3, -0.25) is 13.9 Å². The Morgan fingerprint density at radius 2 is 1.60 bits per heavy atom. The van der Waals surface area contributed by atoms with E-state index in [-0.39, 0.29) is 40.4 Å². The van der Waals surface area contributed by atoms with Gasteiger partial charge in [-0.05, 0) is 67.3 Å². The molecule has 0 spiro atoms. The van der Waals surface area contributed by atoms with Crippen LogP contribution in [0, 0.1) is 12.8 Å². The van der Waals surface area contributed by atoms with Crippen molar-refractivity contribution in [3.63, 3.8) is 0 Å². The van der Waals surface area contributed by atoms with Gasteiger partial charge in [0.1, 0.15) is 18.3 Å². The molecular formula is C31H36Cl3N3O5S. The number of halogens is 3. The van der Waals surface area contributed by atoms with Crippen LogP contribution < -0.4 is 14.4 Å². The number of nitrogens with one attached hydrogen (secondary N) is 1. The predicted molar refractivity (Wildman–Crippen MR) is 173 cm³/mol. The minimum absolute atomic E-state index is 0.00408. The summed E-state index contributed by atoms with van der Waals surface area (Å²) in [5.74, 6) is -0.403. The first-order valence-electron chi connectivity index (χ1n) is 13.7. The number of sulfonamides is 1. The molecule has 0 aliphatic rings. The number of hydrogen-bond acceptors (Lipinski definition) is 5. The van der Waals surface area contributed by atoms with Crippen molar-refractivity contribution in [2.75, 3.05) is 24.5 Å². The Morgan fingerprint density at radius 3 is 2.16 bits per heavy atom. The van der Waals surface area contributed by atoms with Crippen LogP contribution in [0.2, 0.25) is 15.1 Å². The number of amides is 2. The molecule has 0 fully saturated rings. The SMILES string of the molecule is CCC(C(=O)NCC(C)C)N(Cc1ccc(Cl)c(Cl)c1)C(=O)CN(c1ccc(OC)c(Cl)c1)S(=O)(=O)c1ccc(C)cc1. The minimum Gasteiger partial charge on any atom is -0.495 e. The van der Waals surface area contributed by atoms with Crippen molar-refractivity contribution in [2.24, 2.45) is 5.92 Å².